The first-order chi connectivity index (χ1) is 15.5. The fraction of sp³-hybridized carbons (Fsp3) is 0.208. The van der Waals surface area contributed by atoms with Gasteiger partial charge in [0.1, 0.15) is 5.69 Å². The second-order valence-electron chi connectivity index (χ2n) is 7.76. The quantitative estimate of drug-likeness (QED) is 0.426. The maximum absolute atomic E-state index is 13.7. The van der Waals surface area contributed by atoms with Crippen LogP contribution in [0.2, 0.25) is 5.02 Å². The van der Waals surface area contributed by atoms with E-state index in [0.717, 1.165) is 23.3 Å². The van der Waals surface area contributed by atoms with Gasteiger partial charge in [-0.1, -0.05) is 29.8 Å². The highest BCUT2D eigenvalue weighted by Gasteiger charge is 2.27. The van der Waals surface area contributed by atoms with Crippen molar-refractivity contribution in [3.05, 3.63) is 88.8 Å². The van der Waals surface area contributed by atoms with Crippen molar-refractivity contribution in [2.75, 3.05) is 31.1 Å². The largest absolute Gasteiger partial charge is 0.463 e. The van der Waals surface area contributed by atoms with Gasteiger partial charge in [-0.05, 0) is 29.8 Å². The van der Waals surface area contributed by atoms with Gasteiger partial charge >= 0.3 is 0 Å². The van der Waals surface area contributed by atoms with Crippen LogP contribution < -0.4 is 4.90 Å². The number of amides is 1. The highest BCUT2D eigenvalue weighted by Crippen LogP contribution is 2.28. The van der Waals surface area contributed by atoms with Gasteiger partial charge in [0.05, 0.1) is 22.5 Å². The summed E-state index contributed by atoms with van der Waals surface area (Å²) in [5.41, 5.74) is 3.27. The maximum Gasteiger partial charge on any atom is 0.270 e. The molecule has 5 nitrogen and oxygen atoms in total. The number of aromatic nitrogens is 1. The fourth-order valence-corrected chi connectivity index (χ4v) is 4.42. The topological polar surface area (TPSA) is 41.6 Å². The third-order valence-corrected chi connectivity index (χ3v) is 6.15. The second-order valence-corrected chi connectivity index (χ2v) is 8.17. The molecule has 0 saturated carbocycles. The summed E-state index contributed by atoms with van der Waals surface area (Å²) in [5, 5.41) is 0.688. The summed E-state index contributed by atoms with van der Waals surface area (Å²) in [4.78, 5) is 17.4. The molecule has 1 aliphatic heterocycles. The number of halogens is 3. The number of piperazine rings is 1. The van der Waals surface area contributed by atoms with Gasteiger partial charge in [-0.2, -0.15) is 0 Å². The van der Waals surface area contributed by atoms with Crippen LogP contribution in [0.15, 0.2) is 65.3 Å². The molecule has 1 saturated heterocycles. The molecule has 1 amide bonds. The van der Waals surface area contributed by atoms with Crippen LogP contribution in [0.3, 0.4) is 0 Å². The lowest BCUT2D eigenvalue weighted by atomic mass is 10.2. The van der Waals surface area contributed by atoms with E-state index in [4.69, 9.17) is 16.0 Å². The van der Waals surface area contributed by atoms with Gasteiger partial charge in [0, 0.05) is 44.9 Å². The summed E-state index contributed by atoms with van der Waals surface area (Å²) in [5.74, 6) is -1.94. The Kier molecular flexibility index (Phi) is 5.35. The Balaban J connectivity index is 1.38. The van der Waals surface area contributed by atoms with E-state index in [9.17, 15) is 13.6 Å². The predicted octanol–water partition coefficient (Wildman–Crippen LogP) is 5.18. The van der Waals surface area contributed by atoms with Crippen LogP contribution in [0.4, 0.5) is 14.5 Å². The first-order valence-corrected chi connectivity index (χ1v) is 10.7. The number of hydrogen-bond donors (Lipinski definition) is 0. The molecule has 0 spiro atoms. The van der Waals surface area contributed by atoms with Crippen molar-refractivity contribution in [2.24, 2.45) is 0 Å². The molecule has 8 heteroatoms. The molecule has 32 heavy (non-hydrogen) atoms. The third-order valence-electron chi connectivity index (χ3n) is 5.83. The molecular formula is C24H20ClF2N3O2. The predicted molar refractivity (Wildman–Crippen MR) is 119 cm³/mol. The Morgan fingerprint density at radius 2 is 1.75 bits per heavy atom. The van der Waals surface area contributed by atoms with Crippen molar-refractivity contribution in [2.45, 2.75) is 6.54 Å². The molecule has 2 aromatic heterocycles. The van der Waals surface area contributed by atoms with Gasteiger partial charge in [0.25, 0.3) is 5.91 Å². The van der Waals surface area contributed by atoms with Crippen LogP contribution in [-0.2, 0) is 6.54 Å². The Morgan fingerprint density at radius 1 is 0.969 bits per heavy atom. The summed E-state index contributed by atoms with van der Waals surface area (Å²) in [6.07, 6.45) is 1.54. The highest BCUT2D eigenvalue weighted by molar-refractivity contribution is 6.33. The molecule has 164 valence electrons. The molecule has 3 heterocycles. The van der Waals surface area contributed by atoms with Crippen molar-refractivity contribution >= 4 is 34.3 Å². The zero-order valence-corrected chi connectivity index (χ0v) is 17.9. The molecule has 4 aromatic rings. The molecule has 5 rings (SSSR count). The Bertz CT molecular complexity index is 1290. The minimum atomic E-state index is -0.915. The summed E-state index contributed by atoms with van der Waals surface area (Å²) >= 11 is 6.32. The number of para-hydroxylation sites is 1. The maximum atomic E-state index is 13.7. The summed E-state index contributed by atoms with van der Waals surface area (Å²) in [6, 6.07) is 14.9. The summed E-state index contributed by atoms with van der Waals surface area (Å²) in [6.45, 7) is 2.63. The van der Waals surface area contributed by atoms with Crippen LogP contribution in [0.25, 0.3) is 11.1 Å². The van der Waals surface area contributed by atoms with E-state index in [-0.39, 0.29) is 12.5 Å². The highest BCUT2D eigenvalue weighted by atomic mass is 35.5. The van der Waals surface area contributed by atoms with Crippen molar-refractivity contribution in [3.63, 3.8) is 0 Å². The summed E-state index contributed by atoms with van der Waals surface area (Å²) in [7, 11) is 0. The van der Waals surface area contributed by atoms with Gasteiger partial charge in [-0.3, -0.25) is 4.79 Å². The number of carbonyl (C=O) groups is 1. The fourth-order valence-electron chi connectivity index (χ4n) is 4.17. The van der Waals surface area contributed by atoms with Crippen molar-refractivity contribution < 1.29 is 18.0 Å². The molecule has 0 atom stereocenters. The average molecular weight is 456 g/mol. The molecule has 0 bridgehead atoms. The van der Waals surface area contributed by atoms with Crippen LogP contribution in [0.5, 0.6) is 0 Å². The molecule has 0 radical (unpaired) electrons. The summed E-state index contributed by atoms with van der Waals surface area (Å²) < 4.78 is 34.3. The number of nitrogens with zero attached hydrogens (tertiary/aromatic N) is 3. The SMILES string of the molecule is O=C(c1cc2occc2n1Cc1ccc(F)c(F)c1)N1CCN(c2ccccc2Cl)CC1. The van der Waals surface area contributed by atoms with Gasteiger partial charge < -0.3 is 18.8 Å². The minimum Gasteiger partial charge on any atom is -0.463 e. The zero-order chi connectivity index (χ0) is 22.2. The van der Waals surface area contributed by atoms with Gasteiger partial charge in [-0.15, -0.1) is 0 Å². The van der Waals surface area contributed by atoms with Gasteiger partial charge in [0.2, 0.25) is 0 Å². The Hall–Kier alpha value is -3.32. The van der Waals surface area contributed by atoms with Crippen LogP contribution in [0.1, 0.15) is 16.1 Å². The number of fused-ring (bicyclic) bond motifs is 1. The number of carbonyl (C=O) groups excluding carboxylic acids is 1. The zero-order valence-electron chi connectivity index (χ0n) is 17.1. The number of hydrogen-bond acceptors (Lipinski definition) is 3. The lowest BCUT2D eigenvalue weighted by Crippen LogP contribution is -2.49. The smallest absolute Gasteiger partial charge is 0.270 e. The Labute approximate surface area is 188 Å². The van der Waals surface area contributed by atoms with E-state index < -0.39 is 11.6 Å². The van der Waals surface area contributed by atoms with Crippen molar-refractivity contribution in [1.82, 2.24) is 9.47 Å². The number of rotatable bonds is 4. The molecule has 1 fully saturated rings. The van der Waals surface area contributed by atoms with E-state index in [1.165, 1.54) is 6.07 Å². The first kappa shape index (κ1) is 20.6. The van der Waals surface area contributed by atoms with Crippen LogP contribution >= 0.6 is 11.6 Å². The first-order valence-electron chi connectivity index (χ1n) is 10.3. The third kappa shape index (κ3) is 3.73. The van der Waals surface area contributed by atoms with Gasteiger partial charge in [-0.25, -0.2) is 8.78 Å². The number of furan rings is 1. The van der Waals surface area contributed by atoms with Crippen molar-refractivity contribution in [1.29, 1.82) is 0 Å². The second kappa shape index (κ2) is 8.31. The van der Waals surface area contributed by atoms with Gasteiger partial charge in [0.15, 0.2) is 17.2 Å². The van der Waals surface area contributed by atoms with E-state index in [2.05, 4.69) is 4.90 Å². The van der Waals surface area contributed by atoms with E-state index in [1.54, 1.807) is 27.9 Å². The number of benzene rings is 2. The van der Waals surface area contributed by atoms with Crippen LogP contribution in [0, 0.1) is 11.6 Å². The minimum absolute atomic E-state index is 0.127. The molecule has 0 N–H and O–H groups in total. The van der Waals surface area contributed by atoms with Crippen LogP contribution in [-0.4, -0.2) is 41.6 Å². The lowest BCUT2D eigenvalue weighted by molar-refractivity contribution is 0.0737. The molecule has 1 aliphatic rings. The normalized spacial score (nSPS) is 14.3. The molecule has 0 unspecified atom stereocenters. The lowest BCUT2D eigenvalue weighted by Gasteiger charge is -2.36. The Morgan fingerprint density at radius 3 is 2.50 bits per heavy atom. The van der Waals surface area contributed by atoms with E-state index in [0.29, 0.717) is 48.0 Å². The number of anilines is 1. The molecular weight excluding hydrogens is 436 g/mol. The van der Waals surface area contributed by atoms with Crippen molar-refractivity contribution in [3.8, 4) is 0 Å². The standard InChI is InChI=1S/C24H20ClF2N3O2/c25-17-3-1-2-4-20(17)28-8-10-29(11-9-28)24(31)22-14-23-21(7-12-32-23)30(22)15-16-5-6-18(26)19(27)13-16/h1-7,12-14H,8-11,15H2. The van der Waals surface area contributed by atoms with E-state index in [1.807, 2.05) is 24.3 Å². The van der Waals surface area contributed by atoms with E-state index >= 15 is 0 Å². The molecule has 2 aromatic carbocycles. The molecule has 0 aliphatic carbocycles. The monoisotopic (exact) mass is 455 g/mol. The average Bonchev–Trinajstić information content (AvgIpc) is 3.39.